The molecule has 1 fully saturated rings. The van der Waals surface area contributed by atoms with Gasteiger partial charge < -0.3 is 15.1 Å². The predicted octanol–water partition coefficient (Wildman–Crippen LogP) is 1.33. The van der Waals surface area contributed by atoms with Crippen LogP contribution in [0.5, 0.6) is 0 Å². The van der Waals surface area contributed by atoms with Crippen molar-refractivity contribution in [3.05, 3.63) is 57.2 Å². The van der Waals surface area contributed by atoms with E-state index in [9.17, 15) is 14.4 Å². The fourth-order valence-corrected chi connectivity index (χ4v) is 4.16. The quantitative estimate of drug-likeness (QED) is 0.643. The molecular formula is C23H33N5O3. The summed E-state index contributed by atoms with van der Waals surface area (Å²) in [6.07, 6.45) is 2.53. The van der Waals surface area contributed by atoms with E-state index in [0.29, 0.717) is 18.9 Å². The molecule has 1 atom stereocenters. The summed E-state index contributed by atoms with van der Waals surface area (Å²) in [6.45, 7) is 5.80. The summed E-state index contributed by atoms with van der Waals surface area (Å²) in [4.78, 5) is 41.3. The van der Waals surface area contributed by atoms with E-state index < -0.39 is 0 Å². The lowest BCUT2D eigenvalue weighted by atomic mass is 9.97. The first-order valence-electron chi connectivity index (χ1n) is 11.0. The van der Waals surface area contributed by atoms with E-state index in [-0.39, 0.29) is 23.1 Å². The number of para-hydroxylation sites is 1. The summed E-state index contributed by atoms with van der Waals surface area (Å²) in [5, 5.41) is 3.08. The van der Waals surface area contributed by atoms with E-state index in [1.54, 1.807) is 7.05 Å². The Labute approximate surface area is 183 Å². The molecule has 0 aliphatic carbocycles. The minimum Gasteiger partial charge on any atom is -0.372 e. The second-order valence-corrected chi connectivity index (χ2v) is 8.09. The molecule has 2 heterocycles. The van der Waals surface area contributed by atoms with Crippen molar-refractivity contribution in [3.8, 4) is 0 Å². The molecule has 1 aliphatic heterocycles. The Morgan fingerprint density at radius 1 is 1.16 bits per heavy atom. The Morgan fingerprint density at radius 2 is 1.90 bits per heavy atom. The van der Waals surface area contributed by atoms with Gasteiger partial charge in [0.2, 0.25) is 5.91 Å². The highest BCUT2D eigenvalue weighted by molar-refractivity contribution is 5.79. The van der Waals surface area contributed by atoms with Gasteiger partial charge in [-0.05, 0) is 38.3 Å². The van der Waals surface area contributed by atoms with Crippen LogP contribution in [0.2, 0.25) is 0 Å². The minimum absolute atomic E-state index is 0.0429. The first-order valence-corrected chi connectivity index (χ1v) is 11.0. The molecule has 1 aliphatic rings. The summed E-state index contributed by atoms with van der Waals surface area (Å²) in [7, 11) is 3.13. The van der Waals surface area contributed by atoms with Crippen LogP contribution in [0.1, 0.15) is 26.2 Å². The van der Waals surface area contributed by atoms with Crippen molar-refractivity contribution in [2.45, 2.75) is 26.2 Å². The van der Waals surface area contributed by atoms with E-state index in [0.717, 1.165) is 43.5 Å². The second kappa shape index (κ2) is 10.3. The Hall–Kier alpha value is -3.03. The summed E-state index contributed by atoms with van der Waals surface area (Å²) in [5.74, 6) is 0.470. The molecule has 0 bridgehead atoms. The van der Waals surface area contributed by atoms with Gasteiger partial charge in [-0.3, -0.25) is 18.7 Å². The number of amides is 1. The van der Waals surface area contributed by atoms with Crippen molar-refractivity contribution in [2.24, 2.45) is 20.0 Å². The smallest absolute Gasteiger partial charge is 0.332 e. The van der Waals surface area contributed by atoms with Crippen LogP contribution >= 0.6 is 0 Å². The molecule has 2 aromatic rings. The topological polar surface area (TPSA) is 79.6 Å². The Bertz CT molecular complexity index is 999. The molecule has 3 rings (SSSR count). The van der Waals surface area contributed by atoms with Crippen LogP contribution in [-0.2, 0) is 18.9 Å². The van der Waals surface area contributed by atoms with Crippen molar-refractivity contribution >= 4 is 17.4 Å². The number of carbonyl (C=O) groups is 1. The third-order valence-electron chi connectivity index (χ3n) is 6.02. The van der Waals surface area contributed by atoms with Crippen LogP contribution in [-0.4, -0.2) is 47.8 Å². The molecular weight excluding hydrogens is 394 g/mol. The lowest BCUT2D eigenvalue weighted by Gasteiger charge is -2.34. The Kier molecular flexibility index (Phi) is 7.55. The molecule has 8 nitrogen and oxygen atoms in total. The van der Waals surface area contributed by atoms with Gasteiger partial charge in [0.1, 0.15) is 5.82 Å². The average molecular weight is 428 g/mol. The molecule has 8 heteroatoms. The van der Waals surface area contributed by atoms with E-state index in [1.807, 2.05) is 23.1 Å². The predicted molar refractivity (Wildman–Crippen MR) is 124 cm³/mol. The van der Waals surface area contributed by atoms with Crippen LogP contribution in [0.4, 0.5) is 11.5 Å². The summed E-state index contributed by atoms with van der Waals surface area (Å²) in [6, 6.07) is 11.8. The maximum atomic E-state index is 12.7. The average Bonchev–Trinajstić information content (AvgIpc) is 2.80. The number of rotatable bonds is 8. The zero-order valence-electron chi connectivity index (χ0n) is 18.7. The van der Waals surface area contributed by atoms with Crippen molar-refractivity contribution in [1.29, 1.82) is 0 Å². The van der Waals surface area contributed by atoms with E-state index in [1.165, 1.54) is 23.4 Å². The molecule has 1 saturated heterocycles. The zero-order valence-corrected chi connectivity index (χ0v) is 18.7. The third-order valence-corrected chi connectivity index (χ3v) is 6.02. The number of carbonyl (C=O) groups excluding carboxylic acids is 1. The highest BCUT2D eigenvalue weighted by Gasteiger charge is 2.27. The fourth-order valence-electron chi connectivity index (χ4n) is 4.16. The molecule has 0 spiro atoms. The molecule has 1 amide bonds. The molecule has 0 saturated carbocycles. The van der Waals surface area contributed by atoms with Crippen LogP contribution in [0.3, 0.4) is 0 Å². The van der Waals surface area contributed by atoms with E-state index >= 15 is 0 Å². The number of hydrogen-bond acceptors (Lipinski definition) is 5. The lowest BCUT2D eigenvalue weighted by Crippen LogP contribution is -2.47. The van der Waals surface area contributed by atoms with Gasteiger partial charge in [-0.15, -0.1) is 0 Å². The molecule has 1 aromatic carbocycles. The Morgan fingerprint density at radius 3 is 2.61 bits per heavy atom. The molecule has 1 N–H and O–H groups in total. The minimum atomic E-state index is -0.354. The van der Waals surface area contributed by atoms with Crippen molar-refractivity contribution in [2.75, 3.05) is 42.5 Å². The number of anilines is 2. The third kappa shape index (κ3) is 5.37. The second-order valence-electron chi connectivity index (χ2n) is 8.09. The van der Waals surface area contributed by atoms with Gasteiger partial charge in [-0.2, -0.15) is 0 Å². The molecule has 0 radical (unpaired) electrons. The molecule has 1 aromatic heterocycles. The van der Waals surface area contributed by atoms with Crippen molar-refractivity contribution in [3.63, 3.8) is 0 Å². The largest absolute Gasteiger partial charge is 0.372 e. The zero-order chi connectivity index (χ0) is 22.4. The van der Waals surface area contributed by atoms with Crippen LogP contribution < -0.4 is 26.4 Å². The monoisotopic (exact) mass is 427 g/mol. The number of aromatic nitrogens is 2. The lowest BCUT2D eigenvalue weighted by molar-refractivity contribution is -0.125. The standard InChI is InChI=1S/C23H33N5O3/c1-4-27(19-11-6-5-7-12-19)15-9-13-24-22(30)18-10-8-14-28(17-18)20-16-21(29)26(3)23(31)25(20)2/h5-7,11-12,16,18H,4,8-10,13-15,17H2,1-3H3,(H,24,30). The normalized spacial score (nSPS) is 16.2. The number of piperidine rings is 1. The van der Waals surface area contributed by atoms with Gasteiger partial charge in [-0.1, -0.05) is 18.2 Å². The van der Waals surface area contributed by atoms with Crippen LogP contribution in [0.25, 0.3) is 0 Å². The first kappa shape index (κ1) is 22.7. The fraction of sp³-hybridized carbons (Fsp3) is 0.522. The number of nitrogens with zero attached hydrogens (tertiary/aromatic N) is 4. The maximum absolute atomic E-state index is 12.7. The van der Waals surface area contributed by atoms with Gasteiger partial charge in [0.25, 0.3) is 5.56 Å². The van der Waals surface area contributed by atoms with E-state index in [4.69, 9.17) is 0 Å². The van der Waals surface area contributed by atoms with Crippen LogP contribution in [0, 0.1) is 5.92 Å². The molecule has 31 heavy (non-hydrogen) atoms. The number of hydrogen-bond donors (Lipinski definition) is 1. The van der Waals surface area contributed by atoms with Crippen molar-refractivity contribution < 1.29 is 4.79 Å². The summed E-state index contributed by atoms with van der Waals surface area (Å²) >= 11 is 0. The number of benzene rings is 1. The van der Waals surface area contributed by atoms with Gasteiger partial charge in [0.15, 0.2) is 0 Å². The van der Waals surface area contributed by atoms with Crippen LogP contribution in [0.15, 0.2) is 46.0 Å². The van der Waals surface area contributed by atoms with Crippen molar-refractivity contribution in [1.82, 2.24) is 14.5 Å². The van der Waals surface area contributed by atoms with Gasteiger partial charge in [-0.25, -0.2) is 4.79 Å². The Balaban J connectivity index is 1.53. The first-order chi connectivity index (χ1) is 14.9. The molecule has 1 unspecified atom stereocenters. The molecule has 168 valence electrons. The van der Waals surface area contributed by atoms with E-state index in [2.05, 4.69) is 29.3 Å². The SMILES string of the molecule is CCN(CCCNC(=O)C1CCCN(c2cc(=O)n(C)c(=O)n2C)C1)c1ccccc1. The van der Waals surface area contributed by atoms with Gasteiger partial charge in [0.05, 0.1) is 5.92 Å². The van der Waals surface area contributed by atoms with Gasteiger partial charge >= 0.3 is 5.69 Å². The summed E-state index contributed by atoms with van der Waals surface area (Å²) in [5.41, 5.74) is 0.510. The highest BCUT2D eigenvalue weighted by Crippen LogP contribution is 2.21. The summed E-state index contributed by atoms with van der Waals surface area (Å²) < 4.78 is 2.57. The highest BCUT2D eigenvalue weighted by atomic mass is 16.2. The maximum Gasteiger partial charge on any atom is 0.332 e. The number of nitrogens with one attached hydrogen (secondary N) is 1. The van der Waals surface area contributed by atoms with Gasteiger partial charge in [0, 0.05) is 58.6 Å².